The summed E-state index contributed by atoms with van der Waals surface area (Å²) < 4.78 is 4.97. The van der Waals surface area contributed by atoms with Crippen molar-refractivity contribution in [2.24, 2.45) is 0 Å². The number of benzene rings is 2. The number of nitrogens with one attached hydrogen (secondary N) is 2. The number of rotatable bonds is 8. The quantitative estimate of drug-likeness (QED) is 0.395. The van der Waals surface area contributed by atoms with Crippen molar-refractivity contribution in [2.45, 2.75) is 66.0 Å². The molecule has 2 aromatic carbocycles. The maximum Gasteiger partial charge on any atom is 0.248 e. The van der Waals surface area contributed by atoms with Gasteiger partial charge >= 0.3 is 0 Å². The van der Waals surface area contributed by atoms with E-state index in [2.05, 4.69) is 15.8 Å². The molecule has 1 aromatic heterocycles. The van der Waals surface area contributed by atoms with Crippen molar-refractivity contribution in [1.82, 2.24) is 10.5 Å². The summed E-state index contributed by atoms with van der Waals surface area (Å²) in [4.78, 5) is 41.6. The van der Waals surface area contributed by atoms with E-state index in [1.807, 2.05) is 52.8 Å². The second kappa shape index (κ2) is 11.6. The van der Waals surface area contributed by atoms with Crippen molar-refractivity contribution in [1.29, 1.82) is 0 Å². The Kier molecular flexibility index (Phi) is 8.76. The third-order valence-corrected chi connectivity index (χ3v) is 5.89. The number of carbonyl (C=O) groups is 3. The molecule has 0 aliphatic carbocycles. The monoisotopic (exact) mass is 524 g/mol. The number of aryl methyl sites for hydroxylation is 3. The number of anilines is 2. The lowest BCUT2D eigenvalue weighted by atomic mass is 9.98. The fourth-order valence-electron chi connectivity index (χ4n) is 4.00. The SMILES string of the molecule is Cc1ccc(N(C(=O)CCC(=O)Nc2cc(C)on2)[C@H](C(=O)NC(C)(C)C)c2ccccc2Cl)c(C)c1. The molecule has 3 rings (SSSR count). The summed E-state index contributed by atoms with van der Waals surface area (Å²) in [5.74, 6) is -0.334. The van der Waals surface area contributed by atoms with Crippen LogP contribution in [0.15, 0.2) is 53.1 Å². The van der Waals surface area contributed by atoms with Gasteiger partial charge in [0.05, 0.1) is 0 Å². The van der Waals surface area contributed by atoms with E-state index in [1.165, 1.54) is 4.90 Å². The van der Waals surface area contributed by atoms with Crippen LogP contribution in [0.3, 0.4) is 0 Å². The number of halogens is 1. The van der Waals surface area contributed by atoms with E-state index in [-0.39, 0.29) is 24.6 Å². The molecule has 196 valence electrons. The van der Waals surface area contributed by atoms with Gasteiger partial charge in [-0.25, -0.2) is 0 Å². The average molecular weight is 525 g/mol. The molecule has 3 amide bonds. The number of hydrogen-bond acceptors (Lipinski definition) is 5. The number of hydrogen-bond donors (Lipinski definition) is 2. The molecule has 0 radical (unpaired) electrons. The van der Waals surface area contributed by atoms with Crippen LogP contribution < -0.4 is 15.5 Å². The standard InChI is InChI=1S/C28H33ClN4O4/c1-17-11-12-22(18(2)15-17)33(25(35)14-13-24(34)30-23-16-19(3)37-32-23)26(27(36)31-28(4,5)6)20-9-7-8-10-21(20)29/h7-12,15-16,26H,13-14H2,1-6H3,(H,31,36)(H,30,32,34)/t26-/m0/s1. The van der Waals surface area contributed by atoms with Crippen LogP contribution in [0, 0.1) is 20.8 Å². The lowest BCUT2D eigenvalue weighted by Gasteiger charge is -2.35. The molecule has 1 heterocycles. The zero-order valence-corrected chi connectivity index (χ0v) is 22.8. The third kappa shape index (κ3) is 7.43. The van der Waals surface area contributed by atoms with Crippen molar-refractivity contribution in [2.75, 3.05) is 10.2 Å². The third-order valence-electron chi connectivity index (χ3n) is 5.55. The molecule has 3 aromatic rings. The van der Waals surface area contributed by atoms with Gasteiger partial charge in [0.1, 0.15) is 11.8 Å². The van der Waals surface area contributed by atoms with Crippen LogP contribution >= 0.6 is 11.6 Å². The molecule has 0 aliphatic heterocycles. The van der Waals surface area contributed by atoms with Crippen molar-refractivity contribution >= 4 is 40.8 Å². The molecule has 0 fully saturated rings. The van der Waals surface area contributed by atoms with Gasteiger partial charge in [0.2, 0.25) is 17.7 Å². The lowest BCUT2D eigenvalue weighted by Crippen LogP contribution is -2.49. The van der Waals surface area contributed by atoms with Crippen LogP contribution in [0.5, 0.6) is 0 Å². The van der Waals surface area contributed by atoms with E-state index in [4.69, 9.17) is 16.1 Å². The van der Waals surface area contributed by atoms with Gasteiger partial charge < -0.3 is 15.2 Å². The Balaban J connectivity index is 2.01. The average Bonchev–Trinajstić information content (AvgIpc) is 3.20. The summed E-state index contributed by atoms with van der Waals surface area (Å²) in [5, 5.41) is 9.73. The summed E-state index contributed by atoms with van der Waals surface area (Å²) in [7, 11) is 0. The maximum absolute atomic E-state index is 13.8. The van der Waals surface area contributed by atoms with Gasteiger partial charge in [-0.1, -0.05) is 52.7 Å². The van der Waals surface area contributed by atoms with Crippen molar-refractivity contribution in [3.8, 4) is 0 Å². The van der Waals surface area contributed by atoms with E-state index in [9.17, 15) is 14.4 Å². The molecule has 0 aliphatic rings. The maximum atomic E-state index is 13.8. The molecule has 37 heavy (non-hydrogen) atoms. The fraction of sp³-hybridized carbons (Fsp3) is 0.357. The molecule has 9 heteroatoms. The first-order chi connectivity index (χ1) is 17.4. The number of amides is 3. The molecular weight excluding hydrogens is 492 g/mol. The van der Waals surface area contributed by atoms with Crippen LogP contribution in [0.2, 0.25) is 5.02 Å². The van der Waals surface area contributed by atoms with Gasteiger partial charge in [-0.15, -0.1) is 0 Å². The zero-order valence-electron chi connectivity index (χ0n) is 22.0. The Morgan fingerprint density at radius 3 is 2.32 bits per heavy atom. The van der Waals surface area contributed by atoms with E-state index in [0.717, 1.165) is 11.1 Å². The van der Waals surface area contributed by atoms with Crippen LogP contribution in [0.25, 0.3) is 0 Å². The van der Waals surface area contributed by atoms with Crippen LogP contribution in [0.1, 0.15) is 62.1 Å². The number of nitrogens with zero attached hydrogens (tertiary/aromatic N) is 2. The highest BCUT2D eigenvalue weighted by Crippen LogP contribution is 2.35. The molecule has 0 saturated heterocycles. The van der Waals surface area contributed by atoms with Gasteiger partial charge in [-0.2, -0.15) is 0 Å². The topological polar surface area (TPSA) is 105 Å². The minimum Gasteiger partial charge on any atom is -0.360 e. The molecule has 0 bridgehead atoms. The van der Waals surface area contributed by atoms with Crippen molar-refractivity contribution < 1.29 is 18.9 Å². The minimum absolute atomic E-state index is 0.109. The van der Waals surface area contributed by atoms with Crippen LogP contribution in [0.4, 0.5) is 11.5 Å². The molecule has 0 spiro atoms. The van der Waals surface area contributed by atoms with Gasteiger partial charge in [0.15, 0.2) is 5.82 Å². The zero-order chi connectivity index (χ0) is 27.3. The van der Waals surface area contributed by atoms with Crippen molar-refractivity contribution in [3.63, 3.8) is 0 Å². The summed E-state index contributed by atoms with van der Waals surface area (Å²) in [5.41, 5.74) is 2.34. The molecule has 1 atom stereocenters. The van der Waals surface area contributed by atoms with E-state index >= 15 is 0 Å². The highest BCUT2D eigenvalue weighted by atomic mass is 35.5. The molecule has 8 nitrogen and oxygen atoms in total. The smallest absolute Gasteiger partial charge is 0.248 e. The number of carbonyl (C=O) groups excluding carboxylic acids is 3. The van der Waals surface area contributed by atoms with Gasteiger partial charge in [-0.3, -0.25) is 19.3 Å². The summed E-state index contributed by atoms with van der Waals surface area (Å²) in [6, 6.07) is 13.1. The highest BCUT2D eigenvalue weighted by Gasteiger charge is 2.36. The summed E-state index contributed by atoms with van der Waals surface area (Å²) >= 11 is 6.56. The molecule has 0 saturated carbocycles. The second-order valence-electron chi connectivity index (χ2n) is 10.1. The molecular formula is C28H33ClN4O4. The van der Waals surface area contributed by atoms with Crippen molar-refractivity contribution in [3.05, 3.63) is 76.0 Å². The normalized spacial score (nSPS) is 12.1. The Hall–Kier alpha value is -3.65. The largest absolute Gasteiger partial charge is 0.360 e. The molecule has 2 N–H and O–H groups in total. The Labute approximate surface area is 222 Å². The van der Waals surface area contributed by atoms with Crippen LogP contribution in [-0.4, -0.2) is 28.4 Å². The van der Waals surface area contributed by atoms with E-state index in [0.29, 0.717) is 22.0 Å². The van der Waals surface area contributed by atoms with Gasteiger partial charge in [0.25, 0.3) is 0 Å². The van der Waals surface area contributed by atoms with E-state index < -0.39 is 23.4 Å². The first-order valence-corrected chi connectivity index (χ1v) is 12.4. The minimum atomic E-state index is -1.05. The first kappa shape index (κ1) is 27.9. The molecule has 0 unspecified atom stereocenters. The number of aromatic nitrogens is 1. The predicted molar refractivity (Wildman–Crippen MR) is 145 cm³/mol. The summed E-state index contributed by atoms with van der Waals surface area (Å²) in [6.07, 6.45) is -0.248. The highest BCUT2D eigenvalue weighted by molar-refractivity contribution is 6.31. The predicted octanol–water partition coefficient (Wildman–Crippen LogP) is 5.66. The first-order valence-electron chi connectivity index (χ1n) is 12.0. The second-order valence-corrected chi connectivity index (χ2v) is 10.5. The van der Waals surface area contributed by atoms with Crippen LogP contribution in [-0.2, 0) is 14.4 Å². The Bertz CT molecular complexity index is 1300. The van der Waals surface area contributed by atoms with Gasteiger partial charge in [-0.05, 0) is 59.2 Å². The fourth-order valence-corrected chi connectivity index (χ4v) is 4.24. The lowest BCUT2D eigenvalue weighted by molar-refractivity contribution is -0.128. The summed E-state index contributed by atoms with van der Waals surface area (Å²) in [6.45, 7) is 11.2. The Morgan fingerprint density at radius 2 is 1.73 bits per heavy atom. The Morgan fingerprint density at radius 1 is 1.03 bits per heavy atom. The van der Waals surface area contributed by atoms with Gasteiger partial charge in [0, 0.05) is 40.7 Å². The van der Waals surface area contributed by atoms with E-state index in [1.54, 1.807) is 37.3 Å².